The molecule has 5 nitrogen and oxygen atoms in total. The Balaban J connectivity index is 1.50. The monoisotopic (exact) mass is 427 g/mol. The van der Waals surface area contributed by atoms with Crippen LogP contribution in [-0.4, -0.2) is 22.1 Å². The summed E-state index contributed by atoms with van der Waals surface area (Å²) in [6, 6.07) is 23.8. The van der Waals surface area contributed by atoms with Crippen molar-refractivity contribution in [1.82, 2.24) is 14.9 Å². The van der Waals surface area contributed by atoms with Gasteiger partial charge in [-0.25, -0.2) is 4.98 Å². The van der Waals surface area contributed by atoms with Crippen molar-refractivity contribution < 1.29 is 9.53 Å². The van der Waals surface area contributed by atoms with Crippen molar-refractivity contribution in [3.8, 4) is 5.75 Å². The molecule has 0 bridgehead atoms. The van der Waals surface area contributed by atoms with Crippen LogP contribution in [0.5, 0.6) is 5.75 Å². The van der Waals surface area contributed by atoms with Crippen molar-refractivity contribution in [3.05, 3.63) is 95.3 Å². The van der Waals surface area contributed by atoms with Crippen LogP contribution in [0.25, 0.3) is 11.0 Å². The second-order valence-electron chi connectivity index (χ2n) is 8.18. The van der Waals surface area contributed by atoms with Gasteiger partial charge in [-0.1, -0.05) is 54.6 Å². The molecule has 1 unspecified atom stereocenters. The second kappa shape index (κ2) is 9.69. The van der Waals surface area contributed by atoms with Gasteiger partial charge in [0, 0.05) is 0 Å². The number of aromatic nitrogens is 2. The van der Waals surface area contributed by atoms with Crippen LogP contribution in [0.1, 0.15) is 35.5 Å². The number of carbonyl (C=O) groups excluding carboxylic acids is 1. The van der Waals surface area contributed by atoms with E-state index in [9.17, 15) is 4.79 Å². The summed E-state index contributed by atoms with van der Waals surface area (Å²) in [4.78, 5) is 17.4. The predicted molar refractivity (Wildman–Crippen MR) is 128 cm³/mol. The highest BCUT2D eigenvalue weighted by Crippen LogP contribution is 2.22. The quantitative estimate of drug-likeness (QED) is 0.423. The van der Waals surface area contributed by atoms with E-state index in [1.54, 1.807) is 0 Å². The number of hydrogen-bond donors (Lipinski definition) is 1. The van der Waals surface area contributed by atoms with Crippen molar-refractivity contribution in [3.63, 3.8) is 0 Å². The third-order valence-electron chi connectivity index (χ3n) is 5.57. The Bertz CT molecular complexity index is 1210. The first-order valence-corrected chi connectivity index (χ1v) is 11.0. The molecule has 3 aromatic carbocycles. The first-order valence-electron chi connectivity index (χ1n) is 11.0. The number of ether oxygens (including phenoxy) is 1. The number of rotatable bonds is 8. The van der Waals surface area contributed by atoms with Crippen LogP contribution in [0.2, 0.25) is 0 Å². The zero-order valence-corrected chi connectivity index (χ0v) is 18.8. The van der Waals surface area contributed by atoms with Crippen LogP contribution in [-0.2, 0) is 17.8 Å². The maximum absolute atomic E-state index is 12.6. The largest absolute Gasteiger partial charge is 0.491 e. The molecule has 0 aliphatic rings. The number of amides is 1. The van der Waals surface area contributed by atoms with Crippen LogP contribution in [0.15, 0.2) is 72.8 Å². The van der Waals surface area contributed by atoms with Crippen LogP contribution >= 0.6 is 0 Å². The Morgan fingerprint density at radius 3 is 2.59 bits per heavy atom. The van der Waals surface area contributed by atoms with Gasteiger partial charge in [-0.2, -0.15) is 0 Å². The van der Waals surface area contributed by atoms with E-state index in [0.29, 0.717) is 19.6 Å². The molecule has 1 aromatic heterocycles. The van der Waals surface area contributed by atoms with Crippen molar-refractivity contribution in [2.45, 2.75) is 39.8 Å². The number of aryl methyl sites for hydroxylation is 2. The molecule has 1 atom stereocenters. The third kappa shape index (κ3) is 4.99. The minimum Gasteiger partial charge on any atom is -0.491 e. The molecule has 1 amide bonds. The Morgan fingerprint density at radius 1 is 1.03 bits per heavy atom. The van der Waals surface area contributed by atoms with Crippen molar-refractivity contribution in [2.24, 2.45) is 0 Å². The number of fused-ring (bicyclic) bond motifs is 1. The van der Waals surface area contributed by atoms with Crippen molar-refractivity contribution in [1.29, 1.82) is 0 Å². The molecule has 5 heteroatoms. The van der Waals surface area contributed by atoms with E-state index < -0.39 is 0 Å². The number of nitrogens with zero attached hydrogens (tertiary/aromatic N) is 2. The van der Waals surface area contributed by atoms with Crippen LogP contribution < -0.4 is 10.1 Å². The molecule has 0 saturated heterocycles. The van der Waals surface area contributed by atoms with E-state index >= 15 is 0 Å². The second-order valence-corrected chi connectivity index (χ2v) is 8.18. The van der Waals surface area contributed by atoms with Gasteiger partial charge in [-0.3, -0.25) is 4.79 Å². The SMILES string of the molecule is Cc1ccc(C)c(OCCn2c(C(C)NC(=O)Cc3ccccc3)nc3ccccc32)c1. The fraction of sp³-hybridized carbons (Fsp3) is 0.259. The van der Waals surface area contributed by atoms with Crippen LogP contribution in [0.4, 0.5) is 0 Å². The highest BCUT2D eigenvalue weighted by atomic mass is 16.5. The molecule has 4 rings (SSSR count). The van der Waals surface area contributed by atoms with Gasteiger partial charge >= 0.3 is 0 Å². The van der Waals surface area contributed by atoms with Crippen LogP contribution in [0, 0.1) is 13.8 Å². The molecule has 0 aliphatic heterocycles. The molecule has 32 heavy (non-hydrogen) atoms. The summed E-state index contributed by atoms with van der Waals surface area (Å²) in [6.45, 7) is 7.25. The number of nitrogens with one attached hydrogen (secondary N) is 1. The lowest BCUT2D eigenvalue weighted by Gasteiger charge is -2.17. The summed E-state index contributed by atoms with van der Waals surface area (Å²) < 4.78 is 8.25. The standard InChI is InChI=1S/C27H29N3O2/c1-19-13-14-20(2)25(17-19)32-16-15-30-24-12-8-7-11-23(24)29-27(30)21(3)28-26(31)18-22-9-5-4-6-10-22/h4-14,17,21H,15-16,18H2,1-3H3,(H,28,31). The number of para-hydroxylation sites is 2. The number of carbonyl (C=O) groups is 1. The predicted octanol–water partition coefficient (Wildman–Crippen LogP) is 5.15. The van der Waals surface area contributed by atoms with Gasteiger partial charge in [0.15, 0.2) is 0 Å². The average molecular weight is 428 g/mol. The number of imidazole rings is 1. The number of hydrogen-bond acceptors (Lipinski definition) is 3. The fourth-order valence-corrected chi connectivity index (χ4v) is 3.91. The Morgan fingerprint density at radius 2 is 1.78 bits per heavy atom. The first kappa shape index (κ1) is 21.6. The zero-order chi connectivity index (χ0) is 22.5. The summed E-state index contributed by atoms with van der Waals surface area (Å²) >= 11 is 0. The minimum absolute atomic E-state index is 0.0195. The fourth-order valence-electron chi connectivity index (χ4n) is 3.91. The van der Waals surface area contributed by atoms with Crippen molar-refractivity contribution >= 4 is 16.9 Å². The van der Waals surface area contributed by atoms with Gasteiger partial charge in [-0.15, -0.1) is 0 Å². The van der Waals surface area contributed by atoms with Gasteiger partial charge in [0.1, 0.15) is 18.2 Å². The Labute approximate surface area is 189 Å². The summed E-state index contributed by atoms with van der Waals surface area (Å²) in [7, 11) is 0. The average Bonchev–Trinajstić information content (AvgIpc) is 3.15. The summed E-state index contributed by atoms with van der Waals surface area (Å²) in [5.41, 5.74) is 5.24. The van der Waals surface area contributed by atoms with Crippen molar-refractivity contribution in [2.75, 3.05) is 6.61 Å². The highest BCUT2D eigenvalue weighted by molar-refractivity contribution is 5.79. The molecule has 1 N–H and O–H groups in total. The van der Waals surface area contributed by atoms with Gasteiger partial charge in [0.05, 0.1) is 30.0 Å². The lowest BCUT2D eigenvalue weighted by atomic mass is 10.1. The molecule has 164 valence electrons. The topological polar surface area (TPSA) is 56.1 Å². The molecular formula is C27H29N3O2. The minimum atomic E-state index is -0.223. The summed E-state index contributed by atoms with van der Waals surface area (Å²) in [5.74, 6) is 1.71. The molecular weight excluding hydrogens is 398 g/mol. The highest BCUT2D eigenvalue weighted by Gasteiger charge is 2.18. The van der Waals surface area contributed by atoms with Gasteiger partial charge < -0.3 is 14.6 Å². The van der Waals surface area contributed by atoms with E-state index in [0.717, 1.165) is 33.7 Å². The molecule has 4 aromatic rings. The molecule has 0 spiro atoms. The third-order valence-corrected chi connectivity index (χ3v) is 5.57. The lowest BCUT2D eigenvalue weighted by Crippen LogP contribution is -2.30. The van der Waals surface area contributed by atoms with E-state index in [4.69, 9.17) is 9.72 Å². The molecule has 0 radical (unpaired) electrons. The number of benzene rings is 3. The van der Waals surface area contributed by atoms with Crippen LogP contribution in [0.3, 0.4) is 0 Å². The Hall–Kier alpha value is -3.60. The van der Waals surface area contributed by atoms with E-state index in [1.807, 2.05) is 55.5 Å². The van der Waals surface area contributed by atoms with Gasteiger partial charge in [0.2, 0.25) is 5.91 Å². The molecule has 1 heterocycles. The molecule has 0 saturated carbocycles. The molecule has 0 fully saturated rings. The first-order chi connectivity index (χ1) is 15.5. The normalized spacial score (nSPS) is 12.0. The van der Waals surface area contributed by atoms with E-state index in [-0.39, 0.29) is 11.9 Å². The summed E-state index contributed by atoms with van der Waals surface area (Å²) in [6.07, 6.45) is 0.348. The van der Waals surface area contributed by atoms with E-state index in [1.165, 1.54) is 5.56 Å². The lowest BCUT2D eigenvalue weighted by molar-refractivity contribution is -0.121. The maximum atomic E-state index is 12.6. The summed E-state index contributed by atoms with van der Waals surface area (Å²) in [5, 5.41) is 3.11. The smallest absolute Gasteiger partial charge is 0.224 e. The van der Waals surface area contributed by atoms with Gasteiger partial charge in [-0.05, 0) is 55.7 Å². The Kier molecular flexibility index (Phi) is 6.55. The van der Waals surface area contributed by atoms with E-state index in [2.05, 4.69) is 48.0 Å². The van der Waals surface area contributed by atoms with Gasteiger partial charge in [0.25, 0.3) is 0 Å². The molecule has 0 aliphatic carbocycles. The zero-order valence-electron chi connectivity index (χ0n) is 18.8. The maximum Gasteiger partial charge on any atom is 0.224 e.